The van der Waals surface area contributed by atoms with Gasteiger partial charge < -0.3 is 9.67 Å². The van der Waals surface area contributed by atoms with Gasteiger partial charge in [-0.15, -0.1) is 0 Å². The van der Waals surface area contributed by atoms with Crippen LogP contribution in [-0.2, 0) is 6.54 Å². The van der Waals surface area contributed by atoms with Crippen LogP contribution in [0.1, 0.15) is 28.2 Å². The van der Waals surface area contributed by atoms with E-state index in [4.69, 9.17) is 5.11 Å². The monoisotopic (exact) mass is 235 g/mol. The molecule has 0 spiro atoms. The zero-order valence-electron chi connectivity index (χ0n) is 8.93. The van der Waals surface area contributed by atoms with E-state index in [1.54, 1.807) is 6.92 Å². The van der Waals surface area contributed by atoms with Crippen LogP contribution in [-0.4, -0.2) is 21.8 Å². The molecule has 0 aliphatic heterocycles. The summed E-state index contributed by atoms with van der Waals surface area (Å²) in [4.78, 5) is 10.8. The van der Waals surface area contributed by atoms with Gasteiger partial charge in [0.15, 0.2) is 0 Å². The third-order valence-electron chi connectivity index (χ3n) is 2.42. The summed E-state index contributed by atoms with van der Waals surface area (Å²) in [6.07, 6.45) is -5.19. The molecule has 1 heterocycles. The molecule has 1 rings (SSSR count). The minimum absolute atomic E-state index is 0.0553. The maximum absolute atomic E-state index is 12.0. The van der Waals surface area contributed by atoms with Crippen LogP contribution in [0.4, 0.5) is 13.2 Å². The number of hydrogen-bond donors (Lipinski definition) is 1. The lowest BCUT2D eigenvalue weighted by Crippen LogP contribution is -2.14. The number of halogens is 3. The molecular formula is C10H12F3NO2. The minimum atomic E-state index is -4.23. The zero-order chi connectivity index (χ0) is 12.5. The van der Waals surface area contributed by atoms with E-state index >= 15 is 0 Å². The predicted molar refractivity (Wildman–Crippen MR) is 51.5 cm³/mol. The molecule has 0 aromatic carbocycles. The first-order valence-corrected chi connectivity index (χ1v) is 4.69. The second-order valence-corrected chi connectivity index (χ2v) is 3.61. The van der Waals surface area contributed by atoms with Gasteiger partial charge in [-0.2, -0.15) is 13.2 Å². The van der Waals surface area contributed by atoms with Gasteiger partial charge >= 0.3 is 12.1 Å². The lowest BCUT2D eigenvalue weighted by atomic mass is 10.2. The van der Waals surface area contributed by atoms with Crippen LogP contribution < -0.4 is 0 Å². The van der Waals surface area contributed by atoms with E-state index < -0.39 is 18.6 Å². The number of carbonyl (C=O) groups is 1. The summed E-state index contributed by atoms with van der Waals surface area (Å²) >= 11 is 0. The molecule has 3 nitrogen and oxygen atoms in total. The smallest absolute Gasteiger partial charge is 0.390 e. The first kappa shape index (κ1) is 12.6. The highest BCUT2D eigenvalue weighted by Gasteiger charge is 2.27. The van der Waals surface area contributed by atoms with Crippen molar-refractivity contribution in [1.29, 1.82) is 0 Å². The Kier molecular flexibility index (Phi) is 3.30. The van der Waals surface area contributed by atoms with E-state index in [0.717, 1.165) is 0 Å². The third-order valence-corrected chi connectivity index (χ3v) is 2.42. The van der Waals surface area contributed by atoms with Crippen molar-refractivity contribution in [2.45, 2.75) is 33.0 Å². The number of aromatic carboxylic acids is 1. The largest absolute Gasteiger partial charge is 0.478 e. The fourth-order valence-corrected chi connectivity index (χ4v) is 1.60. The topological polar surface area (TPSA) is 42.2 Å². The molecule has 0 saturated heterocycles. The van der Waals surface area contributed by atoms with Crippen LogP contribution in [0.25, 0.3) is 0 Å². The summed E-state index contributed by atoms with van der Waals surface area (Å²) in [6, 6.07) is 1.38. The van der Waals surface area contributed by atoms with Gasteiger partial charge in [-0.1, -0.05) is 0 Å². The molecule has 1 aromatic rings. The van der Waals surface area contributed by atoms with Crippen molar-refractivity contribution in [2.75, 3.05) is 0 Å². The second-order valence-electron chi connectivity index (χ2n) is 3.61. The zero-order valence-corrected chi connectivity index (χ0v) is 8.93. The number of rotatable bonds is 3. The highest BCUT2D eigenvalue weighted by Crippen LogP contribution is 2.23. The molecule has 0 fully saturated rings. The van der Waals surface area contributed by atoms with Crippen LogP contribution in [0.5, 0.6) is 0 Å². The number of alkyl halides is 3. The summed E-state index contributed by atoms with van der Waals surface area (Å²) in [5, 5.41) is 8.80. The van der Waals surface area contributed by atoms with Crippen molar-refractivity contribution in [2.24, 2.45) is 0 Å². The number of hydrogen-bond acceptors (Lipinski definition) is 1. The van der Waals surface area contributed by atoms with Gasteiger partial charge in [0.05, 0.1) is 12.0 Å². The van der Waals surface area contributed by atoms with Gasteiger partial charge in [0, 0.05) is 17.9 Å². The molecule has 0 atom stereocenters. The quantitative estimate of drug-likeness (QED) is 0.875. The third kappa shape index (κ3) is 2.77. The van der Waals surface area contributed by atoms with Crippen molar-refractivity contribution in [3.8, 4) is 0 Å². The van der Waals surface area contributed by atoms with E-state index in [0.29, 0.717) is 11.4 Å². The van der Waals surface area contributed by atoms with Crippen molar-refractivity contribution < 1.29 is 23.1 Å². The molecule has 0 radical (unpaired) electrons. The average Bonchev–Trinajstić information content (AvgIpc) is 2.38. The highest BCUT2D eigenvalue weighted by atomic mass is 19.4. The van der Waals surface area contributed by atoms with Crippen LogP contribution in [0.3, 0.4) is 0 Å². The molecule has 1 aromatic heterocycles. The lowest BCUT2D eigenvalue weighted by Gasteiger charge is -2.11. The molecule has 0 unspecified atom stereocenters. The van der Waals surface area contributed by atoms with Gasteiger partial charge in [-0.05, 0) is 19.9 Å². The van der Waals surface area contributed by atoms with Crippen molar-refractivity contribution in [3.63, 3.8) is 0 Å². The van der Waals surface area contributed by atoms with Gasteiger partial charge in [-0.25, -0.2) is 4.79 Å². The number of nitrogens with zero attached hydrogens (tertiary/aromatic N) is 1. The van der Waals surface area contributed by atoms with Gasteiger partial charge in [0.1, 0.15) is 0 Å². The Labute approximate surface area is 90.5 Å². The Morgan fingerprint density at radius 3 is 2.38 bits per heavy atom. The molecule has 0 saturated carbocycles. The van der Waals surface area contributed by atoms with Crippen molar-refractivity contribution in [1.82, 2.24) is 4.57 Å². The number of aryl methyl sites for hydroxylation is 1. The van der Waals surface area contributed by atoms with Crippen LogP contribution >= 0.6 is 0 Å². The summed E-state index contributed by atoms with van der Waals surface area (Å²) in [5.41, 5.74) is 0.938. The van der Waals surface area contributed by atoms with E-state index in [9.17, 15) is 18.0 Å². The summed E-state index contributed by atoms with van der Waals surface area (Å²) in [5.74, 6) is -1.12. The molecule has 16 heavy (non-hydrogen) atoms. The molecule has 0 bridgehead atoms. The first-order chi connectivity index (χ1) is 7.22. The average molecular weight is 235 g/mol. The van der Waals surface area contributed by atoms with Crippen LogP contribution in [0.2, 0.25) is 0 Å². The normalized spacial score (nSPS) is 11.8. The Hall–Kier alpha value is -1.46. The maximum atomic E-state index is 12.0. The van der Waals surface area contributed by atoms with Crippen LogP contribution in [0.15, 0.2) is 6.07 Å². The fourth-order valence-electron chi connectivity index (χ4n) is 1.60. The number of carboxylic acids is 1. The SMILES string of the molecule is Cc1cc(C(=O)O)c(C)n1CCC(F)(F)F. The molecule has 1 N–H and O–H groups in total. The van der Waals surface area contributed by atoms with Crippen LogP contribution in [0, 0.1) is 13.8 Å². The molecule has 0 aliphatic carbocycles. The summed E-state index contributed by atoms with van der Waals surface area (Å²) < 4.78 is 37.5. The van der Waals surface area contributed by atoms with Crippen molar-refractivity contribution >= 4 is 5.97 Å². The van der Waals surface area contributed by atoms with E-state index in [2.05, 4.69) is 0 Å². The molecule has 6 heteroatoms. The standard InChI is InChI=1S/C10H12F3NO2/c1-6-5-8(9(15)16)7(2)14(6)4-3-10(11,12)13/h5H,3-4H2,1-2H3,(H,15,16). The predicted octanol–water partition coefficient (Wildman–Crippen LogP) is 2.76. The Morgan fingerprint density at radius 2 is 2.00 bits per heavy atom. The van der Waals surface area contributed by atoms with Gasteiger partial charge in [0.25, 0.3) is 0 Å². The number of aromatic nitrogens is 1. The van der Waals surface area contributed by atoms with Gasteiger partial charge in [-0.3, -0.25) is 0 Å². The molecule has 0 aliphatic rings. The minimum Gasteiger partial charge on any atom is -0.478 e. The highest BCUT2D eigenvalue weighted by molar-refractivity contribution is 5.89. The van der Waals surface area contributed by atoms with E-state index in [-0.39, 0.29) is 12.1 Å². The Balaban J connectivity index is 2.93. The Morgan fingerprint density at radius 1 is 1.44 bits per heavy atom. The fraction of sp³-hybridized carbons (Fsp3) is 0.500. The maximum Gasteiger partial charge on any atom is 0.390 e. The first-order valence-electron chi connectivity index (χ1n) is 4.69. The second kappa shape index (κ2) is 4.19. The molecule has 90 valence electrons. The number of carboxylic acid groups (broad SMARTS) is 1. The lowest BCUT2D eigenvalue weighted by molar-refractivity contribution is -0.136. The summed E-state index contributed by atoms with van der Waals surface area (Å²) in [6.45, 7) is 2.86. The van der Waals surface area contributed by atoms with E-state index in [1.807, 2.05) is 0 Å². The van der Waals surface area contributed by atoms with Gasteiger partial charge in [0.2, 0.25) is 0 Å². The van der Waals surface area contributed by atoms with E-state index in [1.165, 1.54) is 17.6 Å². The Bertz CT molecular complexity index is 407. The molecule has 0 amide bonds. The molecular weight excluding hydrogens is 223 g/mol. The van der Waals surface area contributed by atoms with Crippen molar-refractivity contribution in [3.05, 3.63) is 23.0 Å². The summed E-state index contributed by atoms with van der Waals surface area (Å²) in [7, 11) is 0.